The molecular formula is C23H30N2O2. The third-order valence-corrected chi connectivity index (χ3v) is 4.82. The number of carbonyl (C=O) groups excluding carboxylic acids is 2. The Morgan fingerprint density at radius 3 is 1.96 bits per heavy atom. The Balaban J connectivity index is 2.10. The lowest BCUT2D eigenvalue weighted by Gasteiger charge is -2.26. The Morgan fingerprint density at radius 2 is 1.48 bits per heavy atom. The molecule has 0 aliphatic heterocycles. The van der Waals surface area contributed by atoms with E-state index in [4.69, 9.17) is 0 Å². The normalized spacial score (nSPS) is 10.5. The van der Waals surface area contributed by atoms with Gasteiger partial charge in [0.25, 0.3) is 0 Å². The van der Waals surface area contributed by atoms with Gasteiger partial charge < -0.3 is 10.2 Å². The third-order valence-electron chi connectivity index (χ3n) is 4.82. The molecule has 144 valence electrons. The predicted octanol–water partition coefficient (Wildman–Crippen LogP) is 4.76. The van der Waals surface area contributed by atoms with Gasteiger partial charge >= 0.3 is 0 Å². The van der Waals surface area contributed by atoms with Gasteiger partial charge in [-0.1, -0.05) is 51.1 Å². The third kappa shape index (κ3) is 5.43. The first-order valence-electron chi connectivity index (χ1n) is 9.77. The summed E-state index contributed by atoms with van der Waals surface area (Å²) in [6.45, 7) is 8.21. The molecule has 2 aromatic carbocycles. The number of para-hydroxylation sites is 1. The van der Waals surface area contributed by atoms with Gasteiger partial charge in [-0.3, -0.25) is 9.59 Å². The van der Waals surface area contributed by atoms with E-state index in [1.54, 1.807) is 11.8 Å². The zero-order chi connectivity index (χ0) is 19.8. The minimum atomic E-state index is -0.0856. The quantitative estimate of drug-likeness (QED) is 0.732. The maximum Gasteiger partial charge on any atom is 0.226 e. The van der Waals surface area contributed by atoms with Crippen LogP contribution in [0.3, 0.4) is 0 Å². The number of nitrogens with one attached hydrogen (secondary N) is 1. The van der Waals surface area contributed by atoms with E-state index >= 15 is 0 Å². The molecule has 0 saturated carbocycles. The highest BCUT2D eigenvalue weighted by molar-refractivity contribution is 5.96. The van der Waals surface area contributed by atoms with Crippen LogP contribution in [0.4, 0.5) is 11.4 Å². The van der Waals surface area contributed by atoms with Gasteiger partial charge in [-0.2, -0.15) is 0 Å². The van der Waals surface area contributed by atoms with Crippen LogP contribution >= 0.6 is 0 Å². The van der Waals surface area contributed by atoms with Crippen LogP contribution < -0.4 is 10.2 Å². The van der Waals surface area contributed by atoms with Crippen LogP contribution in [0.15, 0.2) is 42.5 Å². The Bertz CT molecular complexity index is 759. The van der Waals surface area contributed by atoms with Crippen molar-refractivity contribution < 1.29 is 9.59 Å². The fraction of sp³-hybridized carbons (Fsp3) is 0.391. The molecule has 0 atom stereocenters. The van der Waals surface area contributed by atoms with Crippen molar-refractivity contribution in [3.63, 3.8) is 0 Å². The first-order chi connectivity index (χ1) is 13.0. The number of hydrogen-bond acceptors (Lipinski definition) is 2. The average molecular weight is 367 g/mol. The van der Waals surface area contributed by atoms with E-state index in [1.165, 1.54) is 5.56 Å². The number of anilines is 2. The summed E-state index contributed by atoms with van der Waals surface area (Å²) < 4.78 is 0. The molecule has 0 unspecified atom stereocenters. The van der Waals surface area contributed by atoms with E-state index in [2.05, 4.69) is 38.2 Å². The van der Waals surface area contributed by atoms with E-state index in [0.29, 0.717) is 6.54 Å². The first-order valence-corrected chi connectivity index (χ1v) is 9.77. The second kappa shape index (κ2) is 9.91. The number of rotatable bonds is 8. The molecule has 4 heteroatoms. The van der Waals surface area contributed by atoms with Crippen LogP contribution in [0.25, 0.3) is 0 Å². The molecule has 1 N–H and O–H groups in total. The average Bonchev–Trinajstić information content (AvgIpc) is 2.68. The fourth-order valence-electron chi connectivity index (χ4n) is 3.25. The van der Waals surface area contributed by atoms with E-state index < -0.39 is 0 Å². The van der Waals surface area contributed by atoms with Crippen molar-refractivity contribution >= 4 is 23.2 Å². The second-order valence-electron chi connectivity index (χ2n) is 6.65. The molecule has 4 nitrogen and oxygen atoms in total. The predicted molar refractivity (Wildman–Crippen MR) is 112 cm³/mol. The molecule has 2 aromatic rings. The largest absolute Gasteiger partial charge is 0.326 e. The van der Waals surface area contributed by atoms with Crippen molar-refractivity contribution in [2.45, 2.75) is 53.4 Å². The number of aryl methyl sites for hydroxylation is 3. The number of nitrogens with zero attached hydrogens (tertiary/aromatic N) is 1. The maximum absolute atomic E-state index is 12.4. The van der Waals surface area contributed by atoms with Gasteiger partial charge in [-0.05, 0) is 48.1 Å². The molecule has 0 bridgehead atoms. The monoisotopic (exact) mass is 366 g/mol. The summed E-state index contributed by atoms with van der Waals surface area (Å²) in [5, 5.41) is 2.92. The molecule has 0 heterocycles. The maximum atomic E-state index is 12.4. The number of carbonyl (C=O) groups is 2. The van der Waals surface area contributed by atoms with Crippen molar-refractivity contribution in [3.05, 3.63) is 59.2 Å². The minimum absolute atomic E-state index is 0.0364. The summed E-state index contributed by atoms with van der Waals surface area (Å²) in [5.41, 5.74) is 5.27. The standard InChI is InChI=1S/C23H30N2O2/c1-5-18-11-13-21(14-12-18)24-22(27)15-16-25(17(4)26)23-19(6-2)9-8-10-20(23)7-3/h8-14H,5-7,15-16H2,1-4H3,(H,24,27). The smallest absolute Gasteiger partial charge is 0.226 e. The van der Waals surface area contributed by atoms with E-state index in [0.717, 1.165) is 41.8 Å². The van der Waals surface area contributed by atoms with E-state index in [9.17, 15) is 9.59 Å². The SMILES string of the molecule is CCc1ccc(NC(=O)CCN(C(C)=O)c2c(CC)cccc2CC)cc1. The summed E-state index contributed by atoms with van der Waals surface area (Å²) in [4.78, 5) is 26.4. The summed E-state index contributed by atoms with van der Waals surface area (Å²) in [5.74, 6) is -0.122. The van der Waals surface area contributed by atoms with E-state index in [1.807, 2.05) is 30.3 Å². The molecule has 0 aromatic heterocycles. The molecule has 0 aliphatic carbocycles. The molecule has 2 amide bonds. The van der Waals surface area contributed by atoms with Gasteiger partial charge in [0, 0.05) is 31.3 Å². The van der Waals surface area contributed by atoms with Gasteiger partial charge in [0.2, 0.25) is 11.8 Å². The van der Waals surface area contributed by atoms with Crippen LogP contribution in [0.2, 0.25) is 0 Å². The van der Waals surface area contributed by atoms with Gasteiger partial charge in [-0.25, -0.2) is 0 Å². The summed E-state index contributed by atoms with van der Waals surface area (Å²) in [6.07, 6.45) is 2.93. The number of benzene rings is 2. The van der Waals surface area contributed by atoms with Gasteiger partial charge in [0.15, 0.2) is 0 Å². The highest BCUT2D eigenvalue weighted by Gasteiger charge is 2.19. The van der Waals surface area contributed by atoms with Crippen LogP contribution in [-0.2, 0) is 28.9 Å². The molecule has 0 fully saturated rings. The van der Waals surface area contributed by atoms with Crippen LogP contribution in [-0.4, -0.2) is 18.4 Å². The lowest BCUT2D eigenvalue weighted by atomic mass is 10.0. The van der Waals surface area contributed by atoms with Crippen molar-refractivity contribution in [1.29, 1.82) is 0 Å². The lowest BCUT2D eigenvalue weighted by molar-refractivity contribution is -0.117. The van der Waals surface area contributed by atoms with Gasteiger partial charge in [-0.15, -0.1) is 0 Å². The first kappa shape index (κ1) is 20.7. The van der Waals surface area contributed by atoms with Crippen molar-refractivity contribution in [2.75, 3.05) is 16.8 Å². The molecule has 0 spiro atoms. The highest BCUT2D eigenvalue weighted by Crippen LogP contribution is 2.27. The Kier molecular flexibility index (Phi) is 7.59. The zero-order valence-electron chi connectivity index (χ0n) is 16.8. The summed E-state index contributed by atoms with van der Waals surface area (Å²) >= 11 is 0. The fourth-order valence-corrected chi connectivity index (χ4v) is 3.25. The van der Waals surface area contributed by atoms with Gasteiger partial charge in [0.05, 0.1) is 0 Å². The van der Waals surface area contributed by atoms with Crippen LogP contribution in [0.5, 0.6) is 0 Å². The Hall–Kier alpha value is -2.62. The number of amides is 2. The Morgan fingerprint density at radius 1 is 0.889 bits per heavy atom. The molecule has 0 aliphatic rings. The van der Waals surface area contributed by atoms with Crippen molar-refractivity contribution in [1.82, 2.24) is 0 Å². The summed E-state index contributed by atoms with van der Waals surface area (Å²) in [6, 6.07) is 14.0. The van der Waals surface area contributed by atoms with Crippen LogP contribution in [0, 0.1) is 0 Å². The topological polar surface area (TPSA) is 49.4 Å². The Labute approximate surface area is 162 Å². The molecule has 27 heavy (non-hydrogen) atoms. The van der Waals surface area contributed by atoms with Crippen molar-refractivity contribution in [2.24, 2.45) is 0 Å². The second-order valence-corrected chi connectivity index (χ2v) is 6.65. The minimum Gasteiger partial charge on any atom is -0.326 e. The molecule has 0 radical (unpaired) electrons. The van der Waals surface area contributed by atoms with E-state index in [-0.39, 0.29) is 18.2 Å². The van der Waals surface area contributed by atoms with Crippen molar-refractivity contribution in [3.8, 4) is 0 Å². The number of hydrogen-bond donors (Lipinski definition) is 1. The zero-order valence-corrected chi connectivity index (χ0v) is 16.8. The molecule has 0 saturated heterocycles. The highest BCUT2D eigenvalue weighted by atomic mass is 16.2. The molecule has 2 rings (SSSR count). The summed E-state index contributed by atoms with van der Waals surface area (Å²) in [7, 11) is 0. The van der Waals surface area contributed by atoms with Gasteiger partial charge in [0.1, 0.15) is 0 Å². The molecular weight excluding hydrogens is 336 g/mol. The van der Waals surface area contributed by atoms with Crippen LogP contribution in [0.1, 0.15) is 50.8 Å². The lowest BCUT2D eigenvalue weighted by Crippen LogP contribution is -2.33.